The Bertz CT molecular complexity index is 596. The summed E-state index contributed by atoms with van der Waals surface area (Å²) in [6.07, 6.45) is 0. The molecular formula is C14H18N2O3. The van der Waals surface area contributed by atoms with Gasteiger partial charge in [0.1, 0.15) is 0 Å². The van der Waals surface area contributed by atoms with E-state index in [1.807, 2.05) is 39.0 Å². The Morgan fingerprint density at radius 1 is 1.37 bits per heavy atom. The van der Waals surface area contributed by atoms with Gasteiger partial charge in [-0.2, -0.15) is 5.10 Å². The van der Waals surface area contributed by atoms with Crippen LogP contribution in [0.3, 0.4) is 0 Å². The summed E-state index contributed by atoms with van der Waals surface area (Å²) in [4.78, 5) is 11.2. The zero-order chi connectivity index (χ0) is 14.0. The average Bonchev–Trinajstić information content (AvgIpc) is 2.67. The molecule has 19 heavy (non-hydrogen) atoms. The summed E-state index contributed by atoms with van der Waals surface area (Å²) in [5.41, 5.74) is 0.697. The number of ether oxygens (including phenoxy) is 1. The average molecular weight is 262 g/mol. The van der Waals surface area contributed by atoms with Gasteiger partial charge >= 0.3 is 5.97 Å². The minimum Gasteiger partial charge on any atom is -0.476 e. The van der Waals surface area contributed by atoms with Crippen molar-refractivity contribution in [3.63, 3.8) is 0 Å². The number of para-hydroxylation sites is 1. The van der Waals surface area contributed by atoms with Crippen molar-refractivity contribution in [2.75, 3.05) is 6.61 Å². The molecule has 0 atom stereocenters. The van der Waals surface area contributed by atoms with Crippen LogP contribution in [0.15, 0.2) is 24.3 Å². The van der Waals surface area contributed by atoms with Gasteiger partial charge in [0.2, 0.25) is 0 Å². The molecule has 1 N–H and O–H groups in total. The number of aromatic nitrogens is 2. The number of carboxylic acids is 1. The molecule has 0 aliphatic rings. The van der Waals surface area contributed by atoms with Gasteiger partial charge in [0, 0.05) is 5.39 Å². The predicted molar refractivity (Wildman–Crippen MR) is 72.4 cm³/mol. The molecule has 0 radical (unpaired) electrons. The number of hydrogen-bond acceptors (Lipinski definition) is 3. The summed E-state index contributed by atoms with van der Waals surface area (Å²) in [6.45, 7) is 6.98. The molecule has 0 aliphatic heterocycles. The molecule has 0 saturated heterocycles. The summed E-state index contributed by atoms with van der Waals surface area (Å²) in [5.74, 6) is -1.01. The highest BCUT2D eigenvalue weighted by atomic mass is 16.5. The monoisotopic (exact) mass is 262 g/mol. The summed E-state index contributed by atoms with van der Waals surface area (Å²) in [7, 11) is 0. The first-order valence-corrected chi connectivity index (χ1v) is 6.21. The van der Waals surface area contributed by atoms with E-state index in [1.54, 1.807) is 10.7 Å². The molecular weight excluding hydrogens is 244 g/mol. The normalized spacial score (nSPS) is 11.9. The number of hydrogen-bond donors (Lipinski definition) is 1. The Morgan fingerprint density at radius 3 is 2.68 bits per heavy atom. The molecule has 1 heterocycles. The van der Waals surface area contributed by atoms with E-state index in [-0.39, 0.29) is 11.3 Å². The Balaban J connectivity index is 2.26. The highest BCUT2D eigenvalue weighted by Gasteiger charge is 2.16. The fourth-order valence-electron chi connectivity index (χ4n) is 1.89. The lowest BCUT2D eigenvalue weighted by Crippen LogP contribution is -2.22. The number of carboxylic acid groups (broad SMARTS) is 1. The zero-order valence-electron chi connectivity index (χ0n) is 11.4. The van der Waals surface area contributed by atoms with E-state index in [9.17, 15) is 4.79 Å². The third-order valence-electron chi connectivity index (χ3n) is 2.70. The fraction of sp³-hybridized carbons (Fsp3) is 0.429. The number of nitrogens with zero attached hydrogens (tertiary/aromatic N) is 2. The Kier molecular flexibility index (Phi) is 3.57. The molecule has 2 aromatic rings. The molecule has 1 aromatic heterocycles. The van der Waals surface area contributed by atoms with Gasteiger partial charge in [-0.05, 0) is 26.8 Å². The largest absolute Gasteiger partial charge is 0.476 e. The molecule has 0 amide bonds. The van der Waals surface area contributed by atoms with Crippen molar-refractivity contribution >= 4 is 16.9 Å². The van der Waals surface area contributed by atoms with Crippen molar-refractivity contribution in [3.05, 3.63) is 30.0 Å². The van der Waals surface area contributed by atoms with Crippen LogP contribution in [-0.4, -0.2) is 33.1 Å². The summed E-state index contributed by atoms with van der Waals surface area (Å²) >= 11 is 0. The van der Waals surface area contributed by atoms with Gasteiger partial charge in [0.25, 0.3) is 0 Å². The topological polar surface area (TPSA) is 64.4 Å². The number of fused-ring (bicyclic) bond motifs is 1. The first-order chi connectivity index (χ1) is 8.88. The molecule has 0 unspecified atom stereocenters. The van der Waals surface area contributed by atoms with Crippen LogP contribution >= 0.6 is 0 Å². The zero-order valence-corrected chi connectivity index (χ0v) is 11.4. The second-order valence-electron chi connectivity index (χ2n) is 5.35. The standard InChI is InChI=1S/C14H18N2O3/c1-14(2,3)19-9-8-16-11-7-5-4-6-10(11)12(15-16)13(17)18/h4-7H,8-9H2,1-3H3,(H,17,18). The Hall–Kier alpha value is -1.88. The lowest BCUT2D eigenvalue weighted by molar-refractivity contribution is -0.00757. The van der Waals surface area contributed by atoms with Crippen molar-refractivity contribution in [1.82, 2.24) is 9.78 Å². The van der Waals surface area contributed by atoms with Crippen molar-refractivity contribution in [2.45, 2.75) is 32.9 Å². The van der Waals surface area contributed by atoms with Crippen LogP contribution in [0.25, 0.3) is 10.9 Å². The molecule has 5 heteroatoms. The van der Waals surface area contributed by atoms with E-state index >= 15 is 0 Å². The number of carbonyl (C=O) groups is 1. The van der Waals surface area contributed by atoms with Gasteiger partial charge in [-0.1, -0.05) is 18.2 Å². The fourth-order valence-corrected chi connectivity index (χ4v) is 1.89. The van der Waals surface area contributed by atoms with Crippen LogP contribution in [0.5, 0.6) is 0 Å². The van der Waals surface area contributed by atoms with Gasteiger partial charge in [-0.15, -0.1) is 0 Å². The number of benzene rings is 1. The van der Waals surface area contributed by atoms with Gasteiger partial charge in [0.05, 0.1) is 24.3 Å². The summed E-state index contributed by atoms with van der Waals surface area (Å²) < 4.78 is 7.33. The molecule has 0 aliphatic carbocycles. The van der Waals surface area contributed by atoms with Gasteiger partial charge in [-0.3, -0.25) is 4.68 Å². The maximum Gasteiger partial charge on any atom is 0.357 e. The minimum absolute atomic E-state index is 0.0892. The van der Waals surface area contributed by atoms with E-state index in [0.29, 0.717) is 18.5 Å². The third-order valence-corrected chi connectivity index (χ3v) is 2.70. The summed E-state index contributed by atoms with van der Waals surface area (Å²) in [6, 6.07) is 7.32. The van der Waals surface area contributed by atoms with Gasteiger partial charge in [-0.25, -0.2) is 4.79 Å². The van der Waals surface area contributed by atoms with E-state index in [4.69, 9.17) is 9.84 Å². The summed E-state index contributed by atoms with van der Waals surface area (Å²) in [5, 5.41) is 13.9. The van der Waals surface area contributed by atoms with Crippen LogP contribution in [0.1, 0.15) is 31.3 Å². The van der Waals surface area contributed by atoms with Gasteiger partial charge in [0.15, 0.2) is 5.69 Å². The molecule has 1 aromatic carbocycles. The van der Waals surface area contributed by atoms with Crippen LogP contribution in [0.4, 0.5) is 0 Å². The lowest BCUT2D eigenvalue weighted by atomic mass is 10.2. The highest BCUT2D eigenvalue weighted by molar-refractivity contribution is 6.01. The minimum atomic E-state index is -1.01. The second kappa shape index (κ2) is 5.01. The molecule has 102 valence electrons. The van der Waals surface area contributed by atoms with Crippen molar-refractivity contribution in [2.24, 2.45) is 0 Å². The molecule has 0 spiro atoms. The molecule has 0 saturated carbocycles. The maximum atomic E-state index is 11.2. The van der Waals surface area contributed by atoms with Crippen LogP contribution in [-0.2, 0) is 11.3 Å². The number of rotatable bonds is 4. The smallest absolute Gasteiger partial charge is 0.357 e. The van der Waals surface area contributed by atoms with Crippen LogP contribution in [0.2, 0.25) is 0 Å². The first-order valence-electron chi connectivity index (χ1n) is 6.21. The number of aromatic carboxylic acids is 1. The van der Waals surface area contributed by atoms with Crippen molar-refractivity contribution in [1.29, 1.82) is 0 Å². The van der Waals surface area contributed by atoms with Crippen molar-refractivity contribution in [3.8, 4) is 0 Å². The second-order valence-corrected chi connectivity index (χ2v) is 5.35. The predicted octanol–water partition coefficient (Wildman–Crippen LogP) is 2.55. The lowest BCUT2D eigenvalue weighted by Gasteiger charge is -2.19. The SMILES string of the molecule is CC(C)(C)OCCn1nc(C(=O)O)c2ccccc21. The van der Waals surface area contributed by atoms with E-state index in [2.05, 4.69) is 5.10 Å². The Morgan fingerprint density at radius 2 is 2.05 bits per heavy atom. The quantitative estimate of drug-likeness (QED) is 0.919. The van der Waals surface area contributed by atoms with E-state index in [1.165, 1.54) is 0 Å². The van der Waals surface area contributed by atoms with E-state index < -0.39 is 5.97 Å². The molecule has 2 rings (SSSR count). The van der Waals surface area contributed by atoms with E-state index in [0.717, 1.165) is 5.52 Å². The Labute approximate surface area is 111 Å². The molecule has 0 bridgehead atoms. The molecule has 0 fully saturated rings. The molecule has 5 nitrogen and oxygen atoms in total. The van der Waals surface area contributed by atoms with Crippen LogP contribution in [0, 0.1) is 0 Å². The van der Waals surface area contributed by atoms with Crippen molar-refractivity contribution < 1.29 is 14.6 Å². The first kappa shape index (κ1) is 13.5. The van der Waals surface area contributed by atoms with Crippen LogP contribution < -0.4 is 0 Å². The third kappa shape index (κ3) is 3.12. The van der Waals surface area contributed by atoms with Gasteiger partial charge < -0.3 is 9.84 Å². The highest BCUT2D eigenvalue weighted by Crippen LogP contribution is 2.18. The maximum absolute atomic E-state index is 11.2.